The van der Waals surface area contributed by atoms with Gasteiger partial charge in [0, 0.05) is 25.9 Å². The Kier molecular flexibility index (Phi) is 15.4. The van der Waals surface area contributed by atoms with Gasteiger partial charge in [0.15, 0.2) is 17.9 Å². The molecule has 0 fully saturated rings. The zero-order valence-corrected chi connectivity index (χ0v) is 25.2. The van der Waals surface area contributed by atoms with Crippen LogP contribution in [0.2, 0.25) is 0 Å². The van der Waals surface area contributed by atoms with Crippen molar-refractivity contribution in [1.82, 2.24) is 9.97 Å². The number of aromatic nitrogens is 2. The van der Waals surface area contributed by atoms with Gasteiger partial charge < -0.3 is 28.4 Å². The number of halogens is 11. The van der Waals surface area contributed by atoms with E-state index in [-0.39, 0.29) is 39.3 Å². The molecule has 0 saturated heterocycles. The topological polar surface area (TPSA) is 99.6 Å². The number of hydrogen-bond acceptors (Lipinski definition) is 10. The van der Waals surface area contributed by atoms with E-state index < -0.39 is 50.1 Å². The summed E-state index contributed by atoms with van der Waals surface area (Å²) in [5, 5.41) is 0. The van der Waals surface area contributed by atoms with Gasteiger partial charge in [-0.3, -0.25) is 0 Å². The van der Waals surface area contributed by atoms with E-state index in [9.17, 15) is 48.3 Å². The molecule has 1 aromatic heterocycles. The molecule has 1 aromatic carbocycles. The van der Waals surface area contributed by atoms with E-state index in [1.54, 1.807) is 29.0 Å². The van der Waals surface area contributed by atoms with Gasteiger partial charge in [-0.15, -0.1) is 0 Å². The summed E-state index contributed by atoms with van der Waals surface area (Å²) < 4.78 is 177. The Labute approximate surface area is 266 Å². The average molecular weight is 721 g/mol. The molecule has 0 aliphatic rings. The first-order valence-electron chi connectivity index (χ1n) is 13.8. The van der Waals surface area contributed by atoms with Crippen LogP contribution >= 0.6 is 0 Å². The highest BCUT2D eigenvalue weighted by Crippen LogP contribution is 2.47. The zero-order valence-electron chi connectivity index (χ0n) is 25.2. The lowest BCUT2D eigenvalue weighted by Crippen LogP contribution is -2.55. The number of alkyl halides is 11. The number of nitrogens with zero attached hydrogens (tertiary/aromatic N) is 2. The third kappa shape index (κ3) is 13.4. The number of rotatable bonds is 23. The number of methoxy groups -OCH3 is 1. The lowest BCUT2D eigenvalue weighted by atomic mass is 10.2. The van der Waals surface area contributed by atoms with Crippen LogP contribution in [0.1, 0.15) is 19.8 Å². The number of hydrogen-bond donors (Lipinski definition) is 0. The van der Waals surface area contributed by atoms with Crippen molar-refractivity contribution in [3.05, 3.63) is 36.7 Å². The lowest BCUT2D eigenvalue weighted by molar-refractivity contribution is -0.537. The van der Waals surface area contributed by atoms with E-state index in [0.717, 1.165) is 0 Å². The number of ether oxygens (including phenoxy) is 8. The molecule has 0 aliphatic carbocycles. The van der Waals surface area contributed by atoms with E-state index in [1.165, 1.54) is 19.5 Å². The molecule has 2 rings (SSSR count). The Morgan fingerprint density at radius 3 is 1.83 bits per heavy atom. The van der Waals surface area contributed by atoms with Crippen LogP contribution in [0.5, 0.6) is 11.5 Å². The summed E-state index contributed by atoms with van der Waals surface area (Å²) in [4.78, 5) is 8.46. The van der Waals surface area contributed by atoms with Gasteiger partial charge in [-0.2, -0.15) is 48.3 Å². The average Bonchev–Trinajstić information content (AvgIpc) is 2.98. The van der Waals surface area contributed by atoms with Crippen LogP contribution in [0, 0.1) is 0 Å². The fourth-order valence-corrected chi connectivity index (χ4v) is 3.29. The molecule has 0 spiro atoms. The summed E-state index contributed by atoms with van der Waals surface area (Å²) >= 11 is 0. The molecule has 0 aliphatic heterocycles. The van der Waals surface area contributed by atoms with Crippen molar-refractivity contribution < 1.29 is 86.2 Å². The van der Waals surface area contributed by atoms with Crippen molar-refractivity contribution >= 4 is 0 Å². The van der Waals surface area contributed by atoms with Crippen molar-refractivity contribution in [2.45, 2.75) is 56.7 Å². The van der Waals surface area contributed by atoms with Crippen LogP contribution in [-0.2, 0) is 28.4 Å². The van der Waals surface area contributed by atoms with Crippen LogP contribution in [0.4, 0.5) is 48.3 Å². The fourth-order valence-electron chi connectivity index (χ4n) is 3.29. The molecule has 0 N–H and O–H groups in total. The SMILES string of the molecule is CCOC(COC)OCCOc1cnc(-c2ccc(OCCCCOCC(F)(F)OC(F)(F)C(F)(F)OC(F)(F)C(F)(F)F)cc2)nc1. The molecule has 21 heteroatoms. The van der Waals surface area contributed by atoms with Gasteiger partial charge in [-0.1, -0.05) is 0 Å². The van der Waals surface area contributed by atoms with Crippen molar-refractivity contribution in [2.75, 3.05) is 53.4 Å². The first-order valence-corrected chi connectivity index (χ1v) is 13.8. The van der Waals surface area contributed by atoms with Gasteiger partial charge in [-0.25, -0.2) is 19.4 Å². The van der Waals surface area contributed by atoms with Crippen molar-refractivity contribution in [3.63, 3.8) is 0 Å². The minimum atomic E-state index is -6.85. The Bertz CT molecular complexity index is 1200. The van der Waals surface area contributed by atoms with Crippen LogP contribution in [-0.4, -0.2) is 100 Å². The zero-order chi connectivity index (χ0) is 36.1. The smallest absolute Gasteiger partial charge is 0.483 e. The lowest BCUT2D eigenvalue weighted by Gasteiger charge is -2.31. The second-order valence-electron chi connectivity index (χ2n) is 9.32. The second-order valence-corrected chi connectivity index (χ2v) is 9.32. The second kappa shape index (κ2) is 18.0. The summed E-state index contributed by atoms with van der Waals surface area (Å²) in [6, 6.07) is 6.49. The molecule has 48 heavy (non-hydrogen) atoms. The molecule has 10 nitrogen and oxygen atoms in total. The third-order valence-electron chi connectivity index (χ3n) is 5.48. The minimum Gasteiger partial charge on any atom is -0.494 e. The van der Waals surface area contributed by atoms with E-state index >= 15 is 0 Å². The third-order valence-corrected chi connectivity index (χ3v) is 5.48. The first-order chi connectivity index (χ1) is 22.3. The highest BCUT2D eigenvalue weighted by atomic mass is 19.4. The number of unbranched alkanes of at least 4 members (excludes halogenated alkanes) is 1. The van der Waals surface area contributed by atoms with Gasteiger partial charge in [-0.05, 0) is 44.0 Å². The minimum absolute atomic E-state index is 0.00370. The van der Waals surface area contributed by atoms with Crippen molar-refractivity contribution in [2.24, 2.45) is 0 Å². The molecule has 0 radical (unpaired) electrons. The highest BCUT2D eigenvalue weighted by molar-refractivity contribution is 5.56. The van der Waals surface area contributed by atoms with Gasteiger partial charge in [0.25, 0.3) is 0 Å². The van der Waals surface area contributed by atoms with Gasteiger partial charge in [0.1, 0.15) is 19.0 Å². The Balaban J connectivity index is 1.69. The Hall–Kier alpha value is -3.11. The quantitative estimate of drug-likeness (QED) is 0.0702. The van der Waals surface area contributed by atoms with Crippen molar-refractivity contribution in [1.29, 1.82) is 0 Å². The molecule has 274 valence electrons. The summed E-state index contributed by atoms with van der Waals surface area (Å²) in [7, 11) is 1.53. The molecule has 0 saturated carbocycles. The van der Waals surface area contributed by atoms with Crippen LogP contribution < -0.4 is 9.47 Å². The molecular formula is C27H31F11N2O8. The van der Waals surface area contributed by atoms with E-state index in [4.69, 9.17) is 23.7 Å². The van der Waals surface area contributed by atoms with E-state index in [2.05, 4.69) is 19.4 Å². The fraction of sp³-hybridized carbons (Fsp3) is 0.630. The maximum Gasteiger partial charge on any atom is 0.483 e. The van der Waals surface area contributed by atoms with Crippen LogP contribution in [0.25, 0.3) is 11.4 Å². The molecule has 1 heterocycles. The molecule has 1 atom stereocenters. The first kappa shape index (κ1) is 41.1. The molecule has 2 aromatic rings. The molecule has 1 unspecified atom stereocenters. The van der Waals surface area contributed by atoms with Gasteiger partial charge in [0.2, 0.25) is 0 Å². The monoisotopic (exact) mass is 720 g/mol. The van der Waals surface area contributed by atoms with Crippen LogP contribution in [0.15, 0.2) is 36.7 Å². The summed E-state index contributed by atoms with van der Waals surface area (Å²) in [6.07, 6.45) is -29.7. The van der Waals surface area contributed by atoms with E-state index in [1.807, 2.05) is 6.92 Å². The summed E-state index contributed by atoms with van der Waals surface area (Å²) in [5.41, 5.74) is 0.636. The van der Waals surface area contributed by atoms with Gasteiger partial charge in [0.05, 0.1) is 32.2 Å². The standard InChI is InChI=1S/C27H31F11N2O8/c1-3-43-21(16-41-2)46-13-12-45-20-14-39-22(40-15-20)18-6-8-19(9-7-18)44-11-5-4-10-42-17-23(28,29)47-26(35,36)27(37,38)48-25(33,34)24(30,31)32/h6-9,14-15,21H,3-5,10-13,16-17H2,1-2H3. The molecule has 0 bridgehead atoms. The predicted molar refractivity (Wildman–Crippen MR) is 140 cm³/mol. The Morgan fingerprint density at radius 2 is 1.25 bits per heavy atom. The molecular weight excluding hydrogens is 689 g/mol. The van der Waals surface area contributed by atoms with Crippen molar-refractivity contribution in [3.8, 4) is 22.9 Å². The normalized spacial score (nSPS) is 13.9. The van der Waals surface area contributed by atoms with E-state index in [0.29, 0.717) is 29.5 Å². The highest BCUT2D eigenvalue weighted by Gasteiger charge is 2.72. The van der Waals surface area contributed by atoms with Crippen LogP contribution in [0.3, 0.4) is 0 Å². The van der Waals surface area contributed by atoms with Gasteiger partial charge >= 0.3 is 30.6 Å². The predicted octanol–water partition coefficient (Wildman–Crippen LogP) is 6.69. The maximum absolute atomic E-state index is 13.5. The summed E-state index contributed by atoms with van der Waals surface area (Å²) in [5.74, 6) is 1.19. The molecule has 0 amide bonds. The largest absolute Gasteiger partial charge is 0.494 e. The number of benzene rings is 1. The Morgan fingerprint density at radius 1 is 0.667 bits per heavy atom. The maximum atomic E-state index is 13.5. The summed E-state index contributed by atoms with van der Waals surface area (Å²) in [6.45, 7) is 0.441.